The predicted octanol–water partition coefficient (Wildman–Crippen LogP) is 5.75. The molecule has 2 saturated heterocycles. The number of hydrogen-bond donors (Lipinski definition) is 0. The molecule has 0 saturated carbocycles. The van der Waals surface area contributed by atoms with Gasteiger partial charge in [0.15, 0.2) is 0 Å². The van der Waals surface area contributed by atoms with E-state index in [0.717, 1.165) is 64.5 Å². The highest BCUT2D eigenvalue weighted by atomic mass is 35.5. The number of carbonyl (C=O) groups excluding carboxylic acids is 1. The maximum atomic E-state index is 13.6. The lowest BCUT2D eigenvalue weighted by molar-refractivity contribution is -0.129. The summed E-state index contributed by atoms with van der Waals surface area (Å²) >= 11 is 6.73. The van der Waals surface area contributed by atoms with Gasteiger partial charge in [0.25, 0.3) is 5.91 Å². The average molecular weight is 667 g/mol. The van der Waals surface area contributed by atoms with Gasteiger partial charge in [-0.1, -0.05) is 62.7 Å². The summed E-state index contributed by atoms with van der Waals surface area (Å²) in [5.41, 5.74) is 2.81. The van der Waals surface area contributed by atoms with E-state index in [9.17, 15) is 15.3 Å². The fraction of sp³-hybridized carbons (Fsp3) is 0.486. The van der Waals surface area contributed by atoms with Gasteiger partial charge in [0.1, 0.15) is 24.1 Å². The number of rotatable bonds is 7. The summed E-state index contributed by atoms with van der Waals surface area (Å²) in [6.45, 7) is 10.1. The molecule has 6 rings (SSSR count). The maximum absolute atomic E-state index is 13.6. The van der Waals surface area contributed by atoms with Crippen LogP contribution in [0.2, 0.25) is 5.02 Å². The zero-order chi connectivity index (χ0) is 34.0. The number of likely N-dealkylation sites (tertiary alicyclic amines) is 1. The van der Waals surface area contributed by atoms with E-state index in [1.807, 2.05) is 32.9 Å². The lowest BCUT2D eigenvalue weighted by Gasteiger charge is -2.42. The number of hydrogen-bond acceptors (Lipinski definition) is 9. The normalized spacial score (nSPS) is 20.4. The minimum atomic E-state index is -0.395. The minimum absolute atomic E-state index is 0.111. The molecule has 2 aromatic carbocycles. The molecule has 4 heterocycles. The van der Waals surface area contributed by atoms with Gasteiger partial charge >= 0.3 is 6.01 Å². The third-order valence-corrected chi connectivity index (χ3v) is 9.88. The first-order chi connectivity index (χ1) is 23.1. The lowest BCUT2D eigenvalue weighted by atomic mass is 9.93. The van der Waals surface area contributed by atoms with Gasteiger partial charge in [0.2, 0.25) is 0 Å². The SMILES string of the molecule is CN1CCC[C@H]1COc1nc2c(c(N3CCN(C(=O)C(C#N)=CC(C)(C)C)[C@@H](CC#N)C3)n1)CCN(c1cccc3cccc(Cl)c13)C2. The highest BCUT2D eigenvalue weighted by Crippen LogP contribution is 2.37. The molecule has 0 aliphatic carbocycles. The Morgan fingerprint density at radius 2 is 1.85 bits per heavy atom. The number of likely N-dealkylation sites (N-methyl/N-ethyl adjacent to an activating group) is 1. The van der Waals surface area contributed by atoms with Crippen molar-refractivity contribution in [2.75, 3.05) is 56.2 Å². The zero-order valence-electron chi connectivity index (χ0n) is 28.2. The van der Waals surface area contributed by atoms with E-state index < -0.39 is 6.04 Å². The number of benzene rings is 2. The highest BCUT2D eigenvalue weighted by molar-refractivity contribution is 6.36. The van der Waals surface area contributed by atoms with Crippen molar-refractivity contribution in [1.82, 2.24) is 19.8 Å². The number of nitrogens with zero attached hydrogens (tertiary/aromatic N) is 8. The van der Waals surface area contributed by atoms with Gasteiger partial charge in [0, 0.05) is 48.9 Å². The van der Waals surface area contributed by atoms with E-state index in [2.05, 4.69) is 58.2 Å². The number of ether oxygens (including phenoxy) is 1. The van der Waals surface area contributed by atoms with Crippen molar-refractivity contribution in [2.45, 2.75) is 65.1 Å². The molecule has 1 amide bonds. The second-order valence-electron chi connectivity index (χ2n) is 14.1. The monoisotopic (exact) mass is 666 g/mol. The lowest BCUT2D eigenvalue weighted by Crippen LogP contribution is -2.56. The molecule has 3 aliphatic rings. The minimum Gasteiger partial charge on any atom is -0.462 e. The van der Waals surface area contributed by atoms with E-state index in [0.29, 0.717) is 51.3 Å². The molecule has 48 heavy (non-hydrogen) atoms. The number of nitriles is 2. The standard InChI is InChI=1S/C37H43ClN8O2/c1-37(2,3)20-26(21-40)35(47)46-19-18-45(22-27(46)13-15-39)34-29-14-17-44(32-12-6-9-25-8-5-11-30(38)33(25)32)23-31(29)41-36(42-34)48-24-28-10-7-16-43(28)4/h5-6,8-9,11-12,20,27-28H,7,10,13-14,16-19,22-24H2,1-4H3/t27-,28-/m0/s1. The summed E-state index contributed by atoms with van der Waals surface area (Å²) in [5, 5.41) is 22.4. The van der Waals surface area contributed by atoms with Crippen LogP contribution in [-0.2, 0) is 17.8 Å². The summed E-state index contributed by atoms with van der Waals surface area (Å²) in [4.78, 5) is 32.1. The number of carbonyl (C=O) groups is 1. The Bertz CT molecular complexity index is 1800. The molecule has 3 aromatic rings. The topological polar surface area (TPSA) is 113 Å². The van der Waals surface area contributed by atoms with Crippen molar-refractivity contribution in [3.05, 3.63) is 64.3 Å². The van der Waals surface area contributed by atoms with E-state index in [1.54, 1.807) is 11.0 Å². The van der Waals surface area contributed by atoms with Crippen molar-refractivity contribution in [1.29, 1.82) is 10.5 Å². The van der Waals surface area contributed by atoms with Crippen LogP contribution in [0.15, 0.2) is 48.0 Å². The van der Waals surface area contributed by atoms with Crippen LogP contribution in [0.3, 0.4) is 0 Å². The summed E-state index contributed by atoms with van der Waals surface area (Å²) < 4.78 is 6.32. The van der Waals surface area contributed by atoms with Crippen LogP contribution >= 0.6 is 11.6 Å². The van der Waals surface area contributed by atoms with Crippen LogP contribution in [-0.4, -0.2) is 84.1 Å². The first kappa shape index (κ1) is 33.5. The summed E-state index contributed by atoms with van der Waals surface area (Å²) in [7, 11) is 2.12. The Balaban J connectivity index is 1.32. The van der Waals surface area contributed by atoms with Crippen LogP contribution in [0.5, 0.6) is 6.01 Å². The van der Waals surface area contributed by atoms with Crippen molar-refractivity contribution >= 4 is 39.8 Å². The van der Waals surface area contributed by atoms with E-state index in [1.165, 1.54) is 0 Å². The number of anilines is 2. The van der Waals surface area contributed by atoms with E-state index in [4.69, 9.17) is 26.3 Å². The second kappa shape index (κ2) is 14.0. The molecule has 2 fully saturated rings. The van der Waals surface area contributed by atoms with Gasteiger partial charge in [-0.15, -0.1) is 0 Å². The molecule has 1 aromatic heterocycles. The molecule has 2 atom stereocenters. The van der Waals surface area contributed by atoms with Gasteiger partial charge < -0.3 is 24.3 Å². The smallest absolute Gasteiger partial charge is 0.318 e. The molecule has 3 aliphatic heterocycles. The second-order valence-corrected chi connectivity index (χ2v) is 14.5. The highest BCUT2D eigenvalue weighted by Gasteiger charge is 2.35. The Morgan fingerprint density at radius 1 is 1.06 bits per heavy atom. The summed E-state index contributed by atoms with van der Waals surface area (Å²) in [6.07, 6.45) is 4.80. The largest absolute Gasteiger partial charge is 0.462 e. The number of amides is 1. The molecule has 0 N–H and O–H groups in total. The van der Waals surface area contributed by atoms with Crippen LogP contribution in [0, 0.1) is 28.1 Å². The fourth-order valence-electron chi connectivity index (χ4n) is 7.15. The first-order valence-corrected chi connectivity index (χ1v) is 17.1. The number of fused-ring (bicyclic) bond motifs is 2. The number of halogens is 1. The van der Waals surface area contributed by atoms with Gasteiger partial charge in [0.05, 0.1) is 35.8 Å². The van der Waals surface area contributed by atoms with Crippen molar-refractivity contribution in [3.8, 4) is 18.1 Å². The summed E-state index contributed by atoms with van der Waals surface area (Å²) in [5.74, 6) is 0.470. The van der Waals surface area contributed by atoms with Gasteiger partial charge in [-0.05, 0) is 55.8 Å². The molecule has 11 heteroatoms. The molecule has 0 unspecified atom stereocenters. The van der Waals surface area contributed by atoms with Crippen LogP contribution in [0.1, 0.15) is 51.3 Å². The third kappa shape index (κ3) is 7.06. The van der Waals surface area contributed by atoms with Crippen molar-refractivity contribution < 1.29 is 9.53 Å². The van der Waals surface area contributed by atoms with Crippen molar-refractivity contribution in [3.63, 3.8) is 0 Å². The van der Waals surface area contributed by atoms with Crippen LogP contribution < -0.4 is 14.5 Å². The Kier molecular flexibility index (Phi) is 9.78. The average Bonchev–Trinajstić information content (AvgIpc) is 3.49. The van der Waals surface area contributed by atoms with Crippen molar-refractivity contribution in [2.24, 2.45) is 5.41 Å². The maximum Gasteiger partial charge on any atom is 0.318 e. The number of allylic oxidation sites excluding steroid dienone is 1. The summed E-state index contributed by atoms with van der Waals surface area (Å²) in [6, 6.07) is 16.9. The molecule has 0 radical (unpaired) electrons. The fourth-order valence-corrected chi connectivity index (χ4v) is 7.42. The molecule has 0 bridgehead atoms. The Labute approximate surface area is 288 Å². The van der Waals surface area contributed by atoms with Gasteiger partial charge in [-0.25, -0.2) is 0 Å². The molecular weight excluding hydrogens is 624 g/mol. The molecule has 10 nitrogen and oxygen atoms in total. The number of aromatic nitrogens is 2. The molecule has 250 valence electrons. The molecule has 0 spiro atoms. The Hall–Kier alpha value is -4.38. The van der Waals surface area contributed by atoms with E-state index in [-0.39, 0.29) is 23.3 Å². The van der Waals surface area contributed by atoms with Crippen LogP contribution in [0.25, 0.3) is 10.8 Å². The number of piperazine rings is 1. The van der Waals surface area contributed by atoms with E-state index >= 15 is 0 Å². The zero-order valence-corrected chi connectivity index (χ0v) is 29.0. The quantitative estimate of drug-likeness (QED) is 0.230. The third-order valence-electron chi connectivity index (χ3n) is 9.57. The first-order valence-electron chi connectivity index (χ1n) is 16.8. The Morgan fingerprint density at radius 3 is 2.56 bits per heavy atom. The van der Waals surface area contributed by atoms with Gasteiger partial charge in [-0.2, -0.15) is 20.5 Å². The molecular formula is C37H43ClN8O2. The van der Waals surface area contributed by atoms with Gasteiger partial charge in [-0.3, -0.25) is 4.79 Å². The van der Waals surface area contributed by atoms with Crippen LogP contribution in [0.4, 0.5) is 11.5 Å². The predicted molar refractivity (Wildman–Crippen MR) is 188 cm³/mol.